The molecule has 3 aromatic rings. The second-order valence-corrected chi connectivity index (χ2v) is 14.7. The van der Waals surface area contributed by atoms with E-state index in [1.165, 1.54) is 21.7 Å². The van der Waals surface area contributed by atoms with Crippen LogP contribution in [-0.2, 0) is 30.1 Å². The summed E-state index contributed by atoms with van der Waals surface area (Å²) in [4.78, 5) is 15.9. The van der Waals surface area contributed by atoms with Gasteiger partial charge >= 0.3 is 13.7 Å². The zero-order valence-electron chi connectivity index (χ0n) is 24.0. The van der Waals surface area contributed by atoms with Crippen molar-refractivity contribution in [3.63, 3.8) is 0 Å². The maximum absolute atomic E-state index is 13.6. The van der Waals surface area contributed by atoms with Crippen LogP contribution in [-0.4, -0.2) is 78.8 Å². The fraction of sp³-hybridized carbons (Fsp3) is 0.481. The highest BCUT2D eigenvalue weighted by Crippen LogP contribution is 2.47. The highest BCUT2D eigenvalue weighted by molar-refractivity contribution is 7.89. The summed E-state index contributed by atoms with van der Waals surface area (Å²) in [5.74, 6) is 0.340. The van der Waals surface area contributed by atoms with Crippen LogP contribution in [0.1, 0.15) is 33.3 Å². The van der Waals surface area contributed by atoms with Crippen molar-refractivity contribution in [2.24, 2.45) is 5.92 Å². The van der Waals surface area contributed by atoms with E-state index in [9.17, 15) is 28.0 Å². The molecule has 42 heavy (non-hydrogen) atoms. The average molecular weight is 644 g/mol. The summed E-state index contributed by atoms with van der Waals surface area (Å²) in [7, 11) is -7.42. The number of amides is 1. The second-order valence-electron chi connectivity index (χ2n) is 9.89. The zero-order valence-corrected chi connectivity index (χ0v) is 26.5. The maximum Gasteiger partial charge on any atom is 0.404 e. The quantitative estimate of drug-likeness (QED) is 0.174. The van der Waals surface area contributed by atoms with Crippen LogP contribution in [0.5, 0.6) is 5.75 Å². The summed E-state index contributed by atoms with van der Waals surface area (Å²) in [5.41, 5.74) is 2.98. The van der Waals surface area contributed by atoms with Gasteiger partial charge in [0.25, 0.3) is 0 Å². The van der Waals surface area contributed by atoms with Crippen molar-refractivity contribution >= 4 is 45.3 Å². The van der Waals surface area contributed by atoms with Crippen LogP contribution >= 0.6 is 18.9 Å². The molecule has 12 nitrogen and oxygen atoms in total. The van der Waals surface area contributed by atoms with E-state index < -0.39 is 35.9 Å². The number of fused-ring (bicyclic) bond motifs is 1. The molecule has 0 spiro atoms. The molecule has 0 aliphatic carbocycles. The van der Waals surface area contributed by atoms with Gasteiger partial charge in [0, 0.05) is 13.1 Å². The smallest absolute Gasteiger partial charge is 0.404 e. The van der Waals surface area contributed by atoms with Crippen LogP contribution in [0.15, 0.2) is 52.9 Å². The predicted molar refractivity (Wildman–Crippen MR) is 161 cm³/mol. The number of ether oxygens (including phenoxy) is 1. The lowest BCUT2D eigenvalue weighted by atomic mass is 10.0. The number of thiazole rings is 1. The van der Waals surface area contributed by atoms with Gasteiger partial charge in [0.1, 0.15) is 5.75 Å². The summed E-state index contributed by atoms with van der Waals surface area (Å²) < 4.78 is 57.8. The maximum atomic E-state index is 13.6. The van der Waals surface area contributed by atoms with Crippen LogP contribution in [0.3, 0.4) is 0 Å². The molecule has 1 aromatic heterocycles. The van der Waals surface area contributed by atoms with Gasteiger partial charge in [-0.2, -0.15) is 4.31 Å². The summed E-state index contributed by atoms with van der Waals surface area (Å²) in [5, 5.41) is 22.9. The molecule has 232 valence electrons. The molecule has 0 aliphatic rings. The first-order chi connectivity index (χ1) is 19.9. The molecule has 2 aromatic carbocycles. The highest BCUT2D eigenvalue weighted by Gasteiger charge is 2.32. The Kier molecular flexibility index (Phi) is 12.3. The Hall–Kier alpha value is -2.58. The van der Waals surface area contributed by atoms with Crippen LogP contribution in [0.4, 0.5) is 4.79 Å². The number of hydrogen-bond donors (Lipinski definition) is 3. The molecule has 15 heteroatoms. The number of carboxylic acid groups (broad SMARTS) is 1. The molecule has 1 amide bonds. The van der Waals surface area contributed by atoms with Crippen LogP contribution in [0.25, 0.3) is 10.2 Å². The van der Waals surface area contributed by atoms with Crippen molar-refractivity contribution in [1.29, 1.82) is 0 Å². The summed E-state index contributed by atoms with van der Waals surface area (Å²) in [6.45, 7) is 7.34. The molecule has 3 N–H and O–H groups in total. The second kappa shape index (κ2) is 15.2. The van der Waals surface area contributed by atoms with Crippen molar-refractivity contribution in [2.45, 2.75) is 51.2 Å². The molecule has 0 saturated carbocycles. The number of sulfonamides is 1. The Labute approximate surface area is 250 Å². The standard InChI is InChI=1S/C27H38N3O9PS2/c1-5-38-40(34,39-6-2)18-37-21-9-7-20(8-10-21)13-24(29-27(32)33)25(31)16-30(15-19(3)4)42(35,36)22-11-12-23-26(14-22)41-17-28-23/h7-12,14,17,19,24-25,29,31H,5-6,13,15-16,18H2,1-4H3,(H,32,33). The number of nitrogens with one attached hydrogen (secondary N) is 1. The highest BCUT2D eigenvalue weighted by atomic mass is 32.2. The van der Waals surface area contributed by atoms with Gasteiger partial charge in [-0.25, -0.2) is 18.2 Å². The molecule has 0 fully saturated rings. The lowest BCUT2D eigenvalue weighted by molar-refractivity contribution is 0.0980. The Morgan fingerprint density at radius 1 is 1.10 bits per heavy atom. The van der Waals surface area contributed by atoms with Gasteiger partial charge in [-0.3, -0.25) is 4.57 Å². The number of nitrogens with zero attached hydrogens (tertiary/aromatic N) is 2. The number of rotatable bonds is 17. The minimum atomic E-state index is -4.01. The summed E-state index contributed by atoms with van der Waals surface area (Å²) >= 11 is 1.33. The molecule has 0 aliphatic heterocycles. The monoisotopic (exact) mass is 643 g/mol. The van der Waals surface area contributed by atoms with Crippen molar-refractivity contribution < 1.29 is 41.8 Å². The topological polar surface area (TPSA) is 165 Å². The fourth-order valence-electron chi connectivity index (χ4n) is 4.24. The third-order valence-electron chi connectivity index (χ3n) is 6.09. The summed E-state index contributed by atoms with van der Waals surface area (Å²) in [6, 6.07) is 10.3. The molecule has 2 unspecified atom stereocenters. The van der Waals surface area contributed by atoms with Crippen LogP contribution < -0.4 is 10.1 Å². The van der Waals surface area contributed by atoms with E-state index in [0.717, 1.165) is 4.70 Å². The van der Waals surface area contributed by atoms with Gasteiger partial charge in [0.15, 0.2) is 6.35 Å². The number of benzene rings is 2. The molecule has 0 radical (unpaired) electrons. The normalized spacial score (nSPS) is 13.9. The van der Waals surface area contributed by atoms with E-state index in [1.54, 1.807) is 55.8 Å². The number of aromatic nitrogens is 1. The fourth-order valence-corrected chi connectivity index (χ4v) is 7.99. The minimum absolute atomic E-state index is 0.0571. The SMILES string of the molecule is CCOP(=O)(COc1ccc(CC(NC(=O)O)C(O)CN(CC(C)C)S(=O)(=O)c2ccc3ncsc3c2)cc1)OCC. The first-order valence-corrected chi connectivity index (χ1v) is 17.5. The van der Waals surface area contributed by atoms with Crippen molar-refractivity contribution in [3.05, 3.63) is 53.5 Å². The lowest BCUT2D eigenvalue weighted by Gasteiger charge is -2.30. The minimum Gasteiger partial charge on any atom is -0.481 e. The number of hydrogen-bond acceptors (Lipinski definition) is 10. The Balaban J connectivity index is 1.75. The third-order valence-corrected chi connectivity index (χ3v) is 10.5. The van der Waals surface area contributed by atoms with Gasteiger partial charge in [0.2, 0.25) is 10.0 Å². The van der Waals surface area contributed by atoms with Gasteiger partial charge in [-0.15, -0.1) is 11.3 Å². The summed E-state index contributed by atoms with van der Waals surface area (Å²) in [6.07, 6.45) is -2.91. The van der Waals surface area contributed by atoms with Crippen molar-refractivity contribution in [1.82, 2.24) is 14.6 Å². The molecule has 2 atom stereocenters. The van der Waals surface area contributed by atoms with Gasteiger partial charge in [-0.05, 0) is 62.1 Å². The number of carbonyl (C=O) groups is 1. The molecule has 1 heterocycles. The van der Waals surface area contributed by atoms with E-state index in [2.05, 4.69) is 10.3 Å². The number of aliphatic hydroxyl groups is 1. The third kappa shape index (κ3) is 9.46. The predicted octanol–water partition coefficient (Wildman–Crippen LogP) is 4.79. The van der Waals surface area contributed by atoms with Crippen LogP contribution in [0, 0.1) is 5.92 Å². The van der Waals surface area contributed by atoms with Crippen molar-refractivity contribution in [2.75, 3.05) is 32.7 Å². The van der Waals surface area contributed by atoms with Gasteiger partial charge in [0.05, 0.1) is 46.0 Å². The lowest BCUT2D eigenvalue weighted by Crippen LogP contribution is -2.50. The van der Waals surface area contributed by atoms with Gasteiger partial charge in [-0.1, -0.05) is 26.0 Å². The Morgan fingerprint density at radius 2 is 1.76 bits per heavy atom. The number of aliphatic hydroxyl groups excluding tert-OH is 1. The molecular formula is C27H38N3O9PS2. The Bertz CT molecular complexity index is 1460. The van der Waals surface area contributed by atoms with Crippen molar-refractivity contribution in [3.8, 4) is 5.75 Å². The first kappa shape index (κ1) is 33.9. The van der Waals surface area contributed by atoms with E-state index >= 15 is 0 Å². The zero-order chi connectivity index (χ0) is 30.9. The average Bonchev–Trinajstić information content (AvgIpc) is 3.40. The molecular weight excluding hydrogens is 605 g/mol. The van der Waals surface area contributed by atoms with E-state index in [1.807, 2.05) is 13.8 Å². The van der Waals surface area contributed by atoms with E-state index in [4.69, 9.17) is 13.8 Å². The van der Waals surface area contributed by atoms with E-state index in [-0.39, 0.29) is 49.9 Å². The Morgan fingerprint density at radius 3 is 2.36 bits per heavy atom. The molecule has 3 rings (SSSR count). The largest absolute Gasteiger partial charge is 0.481 e. The first-order valence-electron chi connectivity index (χ1n) is 13.5. The molecule has 0 saturated heterocycles. The molecule has 0 bridgehead atoms. The van der Waals surface area contributed by atoms with Crippen LogP contribution in [0.2, 0.25) is 0 Å². The van der Waals surface area contributed by atoms with E-state index in [0.29, 0.717) is 16.8 Å². The van der Waals surface area contributed by atoms with Gasteiger partial charge < -0.3 is 29.3 Å².